The zero-order valence-electron chi connectivity index (χ0n) is 19.8. The third-order valence-electron chi connectivity index (χ3n) is 8.20. The van der Waals surface area contributed by atoms with E-state index in [9.17, 15) is 5.26 Å². The van der Waals surface area contributed by atoms with Gasteiger partial charge in [-0.15, -0.1) is 0 Å². The Labute approximate surface area is 203 Å². The number of hydrogen-bond donors (Lipinski definition) is 0. The number of aromatic nitrogens is 1. The highest BCUT2D eigenvalue weighted by Gasteiger charge is 2.44. The second kappa shape index (κ2) is 9.06. The highest BCUT2D eigenvalue weighted by Crippen LogP contribution is 2.46. The van der Waals surface area contributed by atoms with Gasteiger partial charge in [0.2, 0.25) is 0 Å². The fourth-order valence-corrected chi connectivity index (χ4v) is 6.25. The van der Waals surface area contributed by atoms with Crippen LogP contribution in [0.4, 0.5) is 17.2 Å². The first-order valence-corrected chi connectivity index (χ1v) is 12.8. The molecule has 174 valence electrons. The van der Waals surface area contributed by atoms with Crippen molar-refractivity contribution in [2.75, 3.05) is 47.4 Å². The van der Waals surface area contributed by atoms with Crippen molar-refractivity contribution in [3.63, 3.8) is 0 Å². The van der Waals surface area contributed by atoms with Crippen molar-refractivity contribution in [3.05, 3.63) is 47.1 Å². The van der Waals surface area contributed by atoms with Crippen molar-refractivity contribution in [1.29, 1.82) is 5.26 Å². The van der Waals surface area contributed by atoms with Gasteiger partial charge in [0.1, 0.15) is 11.9 Å². The molecule has 0 unspecified atom stereocenters. The Hall–Kier alpha value is -2.45. The Balaban J connectivity index is 1.21. The molecule has 2 aromatic rings. The maximum atomic E-state index is 9.18. The molecular weight excluding hydrogens is 430 g/mol. The number of piperidine rings is 2. The van der Waals surface area contributed by atoms with Crippen LogP contribution in [0.25, 0.3) is 0 Å². The third kappa shape index (κ3) is 4.51. The van der Waals surface area contributed by atoms with E-state index < -0.39 is 0 Å². The number of hydrogen-bond acceptors (Lipinski definition) is 5. The molecule has 0 amide bonds. The maximum absolute atomic E-state index is 9.18. The molecule has 0 bridgehead atoms. The van der Waals surface area contributed by atoms with E-state index in [1.165, 1.54) is 37.8 Å². The van der Waals surface area contributed by atoms with E-state index >= 15 is 0 Å². The zero-order chi connectivity index (χ0) is 23.0. The summed E-state index contributed by atoms with van der Waals surface area (Å²) in [6.45, 7) is 10.1. The SMILES string of the molecule is CC1CCN(c2ccc(N3CCC4(CC3)C[C@H](C)N(c3ccc(C#N)c(Cl)c3)C4)cn2)CC1. The van der Waals surface area contributed by atoms with E-state index in [1.807, 2.05) is 18.2 Å². The van der Waals surface area contributed by atoms with Crippen LogP contribution in [0.1, 0.15) is 51.5 Å². The number of anilines is 3. The summed E-state index contributed by atoms with van der Waals surface area (Å²) < 4.78 is 0. The number of benzene rings is 1. The normalized spacial score (nSPS) is 23.2. The van der Waals surface area contributed by atoms with Gasteiger partial charge in [0.25, 0.3) is 0 Å². The van der Waals surface area contributed by atoms with Gasteiger partial charge in [0.15, 0.2) is 0 Å². The van der Waals surface area contributed by atoms with Crippen LogP contribution in [0.3, 0.4) is 0 Å². The van der Waals surface area contributed by atoms with Crippen LogP contribution >= 0.6 is 11.6 Å². The number of nitrogens with zero attached hydrogens (tertiary/aromatic N) is 5. The molecule has 3 aliphatic heterocycles. The van der Waals surface area contributed by atoms with Crippen LogP contribution < -0.4 is 14.7 Å². The first-order chi connectivity index (χ1) is 16.0. The first-order valence-electron chi connectivity index (χ1n) is 12.4. The summed E-state index contributed by atoms with van der Waals surface area (Å²) in [7, 11) is 0. The fourth-order valence-electron chi connectivity index (χ4n) is 6.03. The number of nitriles is 1. The Morgan fingerprint density at radius 2 is 1.73 bits per heavy atom. The Morgan fingerprint density at radius 3 is 2.36 bits per heavy atom. The lowest BCUT2D eigenvalue weighted by molar-refractivity contribution is 0.245. The van der Waals surface area contributed by atoms with Gasteiger partial charge in [-0.25, -0.2) is 4.98 Å². The van der Waals surface area contributed by atoms with Gasteiger partial charge in [-0.1, -0.05) is 18.5 Å². The summed E-state index contributed by atoms with van der Waals surface area (Å²) in [6, 6.07) is 13.0. The molecule has 0 aliphatic carbocycles. The summed E-state index contributed by atoms with van der Waals surface area (Å²) in [5, 5.41) is 9.72. The predicted octanol–water partition coefficient (Wildman–Crippen LogP) is 5.73. The number of pyridine rings is 1. The van der Waals surface area contributed by atoms with Crippen LogP contribution in [0.15, 0.2) is 36.5 Å². The van der Waals surface area contributed by atoms with Gasteiger partial charge >= 0.3 is 0 Å². The second-order valence-electron chi connectivity index (χ2n) is 10.5. The average molecular weight is 464 g/mol. The first kappa shape index (κ1) is 22.3. The molecule has 3 fully saturated rings. The lowest BCUT2D eigenvalue weighted by Gasteiger charge is -2.40. The lowest BCUT2D eigenvalue weighted by atomic mass is 9.76. The summed E-state index contributed by atoms with van der Waals surface area (Å²) in [4.78, 5) is 12.2. The van der Waals surface area contributed by atoms with Gasteiger partial charge in [0.05, 0.1) is 22.5 Å². The number of rotatable bonds is 3. The summed E-state index contributed by atoms with van der Waals surface area (Å²) >= 11 is 6.32. The highest BCUT2D eigenvalue weighted by molar-refractivity contribution is 6.32. The fraction of sp³-hybridized carbons (Fsp3) is 0.556. The van der Waals surface area contributed by atoms with Gasteiger partial charge in [-0.05, 0) is 80.7 Å². The molecule has 3 aliphatic rings. The Kier molecular flexibility index (Phi) is 6.14. The van der Waals surface area contributed by atoms with Gasteiger partial charge in [-0.2, -0.15) is 5.26 Å². The van der Waals surface area contributed by atoms with Crippen molar-refractivity contribution >= 4 is 28.8 Å². The Morgan fingerprint density at radius 1 is 1.00 bits per heavy atom. The highest BCUT2D eigenvalue weighted by atomic mass is 35.5. The maximum Gasteiger partial charge on any atom is 0.128 e. The lowest BCUT2D eigenvalue weighted by Crippen LogP contribution is -2.41. The zero-order valence-corrected chi connectivity index (χ0v) is 20.6. The van der Waals surface area contributed by atoms with E-state index in [0.29, 0.717) is 22.0 Å². The smallest absolute Gasteiger partial charge is 0.128 e. The molecule has 0 radical (unpaired) electrons. The summed E-state index contributed by atoms with van der Waals surface area (Å²) in [6.07, 6.45) is 8.22. The molecule has 1 aromatic carbocycles. The quantitative estimate of drug-likeness (QED) is 0.581. The molecule has 33 heavy (non-hydrogen) atoms. The van der Waals surface area contributed by atoms with E-state index in [2.05, 4.69) is 52.9 Å². The van der Waals surface area contributed by atoms with Crippen molar-refractivity contribution in [1.82, 2.24) is 4.98 Å². The van der Waals surface area contributed by atoms with Crippen molar-refractivity contribution in [2.24, 2.45) is 11.3 Å². The number of halogens is 1. The molecule has 0 N–H and O–H groups in total. The minimum absolute atomic E-state index is 0.355. The molecule has 6 heteroatoms. The molecule has 5 nitrogen and oxygen atoms in total. The predicted molar refractivity (Wildman–Crippen MR) is 136 cm³/mol. The molecule has 3 saturated heterocycles. The van der Waals surface area contributed by atoms with Crippen LogP contribution in [0.2, 0.25) is 5.02 Å². The van der Waals surface area contributed by atoms with E-state index in [0.717, 1.165) is 50.1 Å². The van der Waals surface area contributed by atoms with Crippen LogP contribution in [0, 0.1) is 22.7 Å². The second-order valence-corrected chi connectivity index (χ2v) is 10.9. The van der Waals surface area contributed by atoms with Crippen molar-refractivity contribution in [2.45, 2.75) is 52.0 Å². The molecule has 1 atom stereocenters. The Bertz CT molecular complexity index is 1010. The minimum atomic E-state index is 0.355. The molecular formula is C27H34ClN5. The van der Waals surface area contributed by atoms with Crippen molar-refractivity contribution < 1.29 is 0 Å². The van der Waals surface area contributed by atoms with Crippen molar-refractivity contribution in [3.8, 4) is 6.07 Å². The summed E-state index contributed by atoms with van der Waals surface area (Å²) in [5.41, 5.74) is 3.29. The molecule has 1 spiro atoms. The average Bonchev–Trinajstić information content (AvgIpc) is 3.15. The molecule has 0 saturated carbocycles. The van der Waals surface area contributed by atoms with Crippen LogP contribution in [-0.4, -0.2) is 43.7 Å². The molecule has 4 heterocycles. The minimum Gasteiger partial charge on any atom is -0.370 e. The van der Waals surface area contributed by atoms with E-state index in [4.69, 9.17) is 16.6 Å². The van der Waals surface area contributed by atoms with E-state index in [1.54, 1.807) is 0 Å². The summed E-state index contributed by atoms with van der Waals surface area (Å²) in [5.74, 6) is 1.96. The largest absolute Gasteiger partial charge is 0.370 e. The van der Waals surface area contributed by atoms with E-state index in [-0.39, 0.29) is 0 Å². The van der Waals surface area contributed by atoms with Crippen LogP contribution in [-0.2, 0) is 0 Å². The topological polar surface area (TPSA) is 46.4 Å². The standard InChI is InChI=1S/C27H34ClN5/c1-20-7-11-32(12-8-20)26-6-5-24(18-30-26)31-13-9-27(10-14-31)16-21(2)33(19-27)23-4-3-22(17-29)25(28)15-23/h3-6,15,18,20-21H,7-14,16,19H2,1-2H3/t21-/m0/s1. The monoisotopic (exact) mass is 463 g/mol. The van der Waals surface area contributed by atoms with Crippen LogP contribution in [0.5, 0.6) is 0 Å². The van der Waals surface area contributed by atoms with Gasteiger partial charge in [-0.3, -0.25) is 0 Å². The molecule has 5 rings (SSSR count). The van der Waals surface area contributed by atoms with Gasteiger partial charge in [0, 0.05) is 44.5 Å². The molecule has 1 aromatic heterocycles. The van der Waals surface area contributed by atoms with Gasteiger partial charge < -0.3 is 14.7 Å². The third-order valence-corrected chi connectivity index (χ3v) is 8.51.